The molecule has 6 N–H and O–H groups in total. The van der Waals surface area contributed by atoms with Gasteiger partial charge in [0.25, 0.3) is 0 Å². The summed E-state index contributed by atoms with van der Waals surface area (Å²) in [5.74, 6) is 0. The van der Waals surface area contributed by atoms with Crippen molar-refractivity contribution in [3.05, 3.63) is 12.2 Å². The summed E-state index contributed by atoms with van der Waals surface area (Å²) in [7, 11) is 0. The Balaban J connectivity index is 4.29. The van der Waals surface area contributed by atoms with Crippen molar-refractivity contribution in [1.82, 2.24) is 0 Å². The molecule has 96 valence electrons. The number of hydrogen-bond donors (Lipinski definition) is 6. The predicted octanol–water partition coefficient (Wildman–Crippen LogP) is -2.25. The van der Waals surface area contributed by atoms with Crippen LogP contribution in [0.3, 0.4) is 0 Å². The fourth-order valence-electron chi connectivity index (χ4n) is 1.18. The van der Waals surface area contributed by atoms with Crippen LogP contribution in [-0.2, 0) is 0 Å². The van der Waals surface area contributed by atoms with Crippen molar-refractivity contribution in [2.24, 2.45) is 0 Å². The van der Waals surface area contributed by atoms with Crippen LogP contribution < -0.4 is 0 Å². The highest BCUT2D eigenvalue weighted by Crippen LogP contribution is 2.10. The first-order chi connectivity index (χ1) is 7.45. The molecule has 0 aromatic carbocycles. The molecule has 0 aliphatic rings. The van der Waals surface area contributed by atoms with Gasteiger partial charge in [0.15, 0.2) is 0 Å². The molecule has 0 amide bonds. The topological polar surface area (TPSA) is 121 Å². The van der Waals surface area contributed by atoms with Crippen LogP contribution in [0.5, 0.6) is 0 Å². The molecule has 0 aromatic heterocycles. The summed E-state index contributed by atoms with van der Waals surface area (Å²) in [5.41, 5.74) is 0. The SMILES string of the molecule is CC=CCC(O)[C@H](O)[C@@H](O)[C@H](O)[C@H](O)CO. The first kappa shape index (κ1) is 15.5. The second kappa shape index (κ2) is 7.72. The first-order valence-electron chi connectivity index (χ1n) is 5.08. The molecule has 0 aromatic rings. The van der Waals surface area contributed by atoms with Gasteiger partial charge in [-0.1, -0.05) is 12.2 Å². The van der Waals surface area contributed by atoms with Crippen LogP contribution >= 0.6 is 0 Å². The van der Waals surface area contributed by atoms with E-state index in [2.05, 4.69) is 0 Å². The largest absolute Gasteiger partial charge is 0.394 e. The molecule has 0 radical (unpaired) electrons. The van der Waals surface area contributed by atoms with Crippen molar-refractivity contribution < 1.29 is 30.6 Å². The highest BCUT2D eigenvalue weighted by Gasteiger charge is 2.33. The third-order valence-electron chi connectivity index (χ3n) is 2.29. The van der Waals surface area contributed by atoms with Crippen molar-refractivity contribution in [2.75, 3.05) is 6.61 Å². The molecule has 0 fully saturated rings. The molecule has 0 aliphatic heterocycles. The summed E-state index contributed by atoms with van der Waals surface area (Å²) in [4.78, 5) is 0. The van der Waals surface area contributed by atoms with E-state index in [0.717, 1.165) is 0 Å². The molecule has 0 spiro atoms. The lowest BCUT2D eigenvalue weighted by atomic mass is 9.98. The summed E-state index contributed by atoms with van der Waals surface area (Å²) in [6, 6.07) is 0. The minimum Gasteiger partial charge on any atom is -0.394 e. The summed E-state index contributed by atoms with van der Waals surface area (Å²) < 4.78 is 0. The zero-order chi connectivity index (χ0) is 12.7. The standard InChI is InChI=1S/C10H20O6/c1-2-3-4-6(12)8(14)10(16)9(15)7(13)5-11/h2-3,6-16H,4-5H2,1H3/t6?,7-,8+,9-,10-/m1/s1. The second-order valence-corrected chi connectivity index (χ2v) is 3.59. The van der Waals surface area contributed by atoms with Crippen LogP contribution in [-0.4, -0.2) is 67.8 Å². The van der Waals surface area contributed by atoms with E-state index in [0.29, 0.717) is 0 Å². The number of hydrogen-bond acceptors (Lipinski definition) is 6. The van der Waals surface area contributed by atoms with E-state index >= 15 is 0 Å². The monoisotopic (exact) mass is 236 g/mol. The van der Waals surface area contributed by atoms with E-state index in [-0.39, 0.29) is 6.42 Å². The van der Waals surface area contributed by atoms with Crippen LogP contribution in [0.2, 0.25) is 0 Å². The van der Waals surface area contributed by atoms with E-state index < -0.39 is 37.1 Å². The molecular weight excluding hydrogens is 216 g/mol. The van der Waals surface area contributed by atoms with Gasteiger partial charge >= 0.3 is 0 Å². The molecule has 0 bridgehead atoms. The Bertz CT molecular complexity index is 207. The quantitative estimate of drug-likeness (QED) is 0.278. The summed E-state index contributed by atoms with van der Waals surface area (Å²) in [6.45, 7) is 0.996. The van der Waals surface area contributed by atoms with Crippen LogP contribution in [0.4, 0.5) is 0 Å². The maximum Gasteiger partial charge on any atom is 0.111 e. The Labute approximate surface area is 94.1 Å². The maximum absolute atomic E-state index is 9.44. The molecule has 1 unspecified atom stereocenters. The zero-order valence-corrected chi connectivity index (χ0v) is 9.14. The molecular formula is C10H20O6. The van der Waals surface area contributed by atoms with Gasteiger partial charge < -0.3 is 30.6 Å². The highest BCUT2D eigenvalue weighted by atomic mass is 16.4. The number of rotatable bonds is 7. The van der Waals surface area contributed by atoms with E-state index in [9.17, 15) is 20.4 Å². The highest BCUT2D eigenvalue weighted by molar-refractivity contribution is 4.89. The van der Waals surface area contributed by atoms with Gasteiger partial charge in [0.1, 0.15) is 24.4 Å². The Morgan fingerprint density at radius 3 is 1.81 bits per heavy atom. The second-order valence-electron chi connectivity index (χ2n) is 3.59. The van der Waals surface area contributed by atoms with E-state index in [1.54, 1.807) is 19.1 Å². The molecule has 0 saturated heterocycles. The smallest absolute Gasteiger partial charge is 0.111 e. The third-order valence-corrected chi connectivity index (χ3v) is 2.29. The predicted molar refractivity (Wildman–Crippen MR) is 56.6 cm³/mol. The van der Waals surface area contributed by atoms with Crippen molar-refractivity contribution in [3.8, 4) is 0 Å². The minimum atomic E-state index is -1.72. The third kappa shape index (κ3) is 4.56. The minimum absolute atomic E-state index is 0.122. The van der Waals surface area contributed by atoms with Gasteiger partial charge in [-0.25, -0.2) is 0 Å². The summed E-state index contributed by atoms with van der Waals surface area (Å²) >= 11 is 0. The lowest BCUT2D eigenvalue weighted by Crippen LogP contribution is -2.49. The van der Waals surface area contributed by atoms with E-state index in [1.807, 2.05) is 0 Å². The molecule has 0 rings (SSSR count). The normalized spacial score (nSPS) is 21.7. The fourth-order valence-corrected chi connectivity index (χ4v) is 1.18. The van der Waals surface area contributed by atoms with E-state index in [1.165, 1.54) is 0 Å². The molecule has 0 saturated carbocycles. The Kier molecular flexibility index (Phi) is 7.48. The summed E-state index contributed by atoms with van der Waals surface area (Å²) in [6.07, 6.45) is -4.44. The molecule has 16 heavy (non-hydrogen) atoms. The van der Waals surface area contributed by atoms with Crippen LogP contribution in [0.15, 0.2) is 12.2 Å². The van der Waals surface area contributed by atoms with Gasteiger partial charge in [0.05, 0.1) is 12.7 Å². The Morgan fingerprint density at radius 2 is 1.38 bits per heavy atom. The average molecular weight is 236 g/mol. The Hall–Kier alpha value is -0.500. The van der Waals surface area contributed by atoms with Crippen LogP contribution in [0, 0.1) is 0 Å². The maximum atomic E-state index is 9.44. The molecule has 6 heteroatoms. The van der Waals surface area contributed by atoms with Gasteiger partial charge in [-0.3, -0.25) is 0 Å². The van der Waals surface area contributed by atoms with Crippen LogP contribution in [0.25, 0.3) is 0 Å². The summed E-state index contributed by atoms with van der Waals surface area (Å²) in [5, 5.41) is 55.1. The van der Waals surface area contributed by atoms with Gasteiger partial charge in [-0.2, -0.15) is 0 Å². The van der Waals surface area contributed by atoms with Crippen LogP contribution in [0.1, 0.15) is 13.3 Å². The fraction of sp³-hybridized carbons (Fsp3) is 0.800. The average Bonchev–Trinajstić information content (AvgIpc) is 2.31. The number of allylic oxidation sites excluding steroid dienone is 1. The van der Waals surface area contributed by atoms with Gasteiger partial charge in [-0.05, 0) is 13.3 Å². The van der Waals surface area contributed by atoms with Gasteiger partial charge in [0.2, 0.25) is 0 Å². The van der Waals surface area contributed by atoms with E-state index in [4.69, 9.17) is 10.2 Å². The van der Waals surface area contributed by atoms with Crippen molar-refractivity contribution in [3.63, 3.8) is 0 Å². The molecule has 0 aliphatic carbocycles. The molecule has 6 nitrogen and oxygen atoms in total. The van der Waals surface area contributed by atoms with Crippen molar-refractivity contribution in [2.45, 2.75) is 43.9 Å². The molecule has 0 heterocycles. The van der Waals surface area contributed by atoms with Crippen molar-refractivity contribution in [1.29, 1.82) is 0 Å². The lowest BCUT2D eigenvalue weighted by molar-refractivity contribution is -0.139. The van der Waals surface area contributed by atoms with Crippen molar-refractivity contribution >= 4 is 0 Å². The van der Waals surface area contributed by atoms with Gasteiger partial charge in [0, 0.05) is 0 Å². The van der Waals surface area contributed by atoms with Gasteiger partial charge in [-0.15, -0.1) is 0 Å². The Morgan fingerprint density at radius 1 is 0.875 bits per heavy atom. The first-order valence-corrected chi connectivity index (χ1v) is 5.08. The number of aliphatic hydroxyl groups is 6. The lowest BCUT2D eigenvalue weighted by Gasteiger charge is -2.28. The number of aliphatic hydroxyl groups excluding tert-OH is 6. The zero-order valence-electron chi connectivity index (χ0n) is 9.14. The molecule has 5 atom stereocenters.